The molecule has 0 bridgehead atoms. The smallest absolute Gasteiger partial charge is 0.0800 e. The number of hydrogen-bond acceptors (Lipinski definition) is 3. The van der Waals surface area contributed by atoms with Crippen molar-refractivity contribution in [3.63, 3.8) is 0 Å². The Morgan fingerprint density at radius 1 is 1.77 bits per heavy atom. The Morgan fingerprint density at radius 2 is 2.46 bits per heavy atom. The highest BCUT2D eigenvalue weighted by Crippen LogP contribution is 2.11. The average molecular weight is 243 g/mol. The van der Waals surface area contributed by atoms with Crippen LogP contribution in [0.5, 0.6) is 0 Å². The van der Waals surface area contributed by atoms with E-state index in [0.717, 1.165) is 5.56 Å². The molecule has 0 unspecified atom stereocenters. The van der Waals surface area contributed by atoms with Gasteiger partial charge in [-0.15, -0.1) is 0 Å². The number of hydrogen-bond donors (Lipinski definition) is 2. The van der Waals surface area contributed by atoms with E-state index in [1.54, 1.807) is 30.3 Å². The summed E-state index contributed by atoms with van der Waals surface area (Å²) < 4.78 is 2.38. The average Bonchev–Trinajstić information content (AvgIpc) is 2.51. The zero-order valence-electron chi connectivity index (χ0n) is 7.50. The Bertz CT molecular complexity index is 340. The fraction of sp³-hybridized carbons (Fsp3) is 0.250. The lowest BCUT2D eigenvalue weighted by atomic mass is 10.2. The van der Waals surface area contributed by atoms with Crippen molar-refractivity contribution in [2.24, 2.45) is 7.05 Å². The van der Waals surface area contributed by atoms with Crippen LogP contribution in [0.25, 0.3) is 0 Å². The van der Waals surface area contributed by atoms with Crippen LogP contribution in [-0.2, 0) is 7.05 Å². The highest BCUT2D eigenvalue weighted by molar-refractivity contribution is 9.12. The number of rotatable bonds is 3. The summed E-state index contributed by atoms with van der Waals surface area (Å²) in [6.45, 7) is 0. The first-order chi connectivity index (χ1) is 6.15. The second kappa shape index (κ2) is 4.23. The molecule has 0 aliphatic carbocycles. The van der Waals surface area contributed by atoms with Crippen LogP contribution in [0.2, 0.25) is 0 Å². The molecule has 0 aliphatic rings. The number of halogens is 1. The van der Waals surface area contributed by atoms with E-state index in [4.69, 9.17) is 5.41 Å². The maximum atomic E-state index is 7.74. The van der Waals surface area contributed by atoms with E-state index in [-0.39, 0.29) is 0 Å². The van der Waals surface area contributed by atoms with Gasteiger partial charge in [0.15, 0.2) is 0 Å². The second-order valence-corrected chi connectivity index (χ2v) is 3.41. The van der Waals surface area contributed by atoms with E-state index >= 15 is 0 Å². The maximum absolute atomic E-state index is 7.74. The van der Waals surface area contributed by atoms with Gasteiger partial charge in [-0.25, -0.2) is 0 Å². The van der Waals surface area contributed by atoms with Gasteiger partial charge in [-0.05, 0) is 15.9 Å². The van der Waals surface area contributed by atoms with E-state index in [2.05, 4.69) is 26.3 Å². The molecule has 0 radical (unpaired) electrons. The maximum Gasteiger partial charge on any atom is 0.0800 e. The molecule has 0 saturated carbocycles. The zero-order chi connectivity index (χ0) is 9.84. The van der Waals surface area contributed by atoms with Crippen LogP contribution in [0, 0.1) is 5.41 Å². The molecule has 5 heteroatoms. The Balaban J connectivity index is 2.85. The highest BCUT2D eigenvalue weighted by Gasteiger charge is 2.06. The van der Waals surface area contributed by atoms with Crippen molar-refractivity contribution in [3.05, 3.63) is 28.6 Å². The molecule has 1 aromatic rings. The number of nitrogens with one attached hydrogen (secondary N) is 2. The summed E-state index contributed by atoms with van der Waals surface area (Å²) in [4.78, 5) is 0. The van der Waals surface area contributed by atoms with Gasteiger partial charge in [0, 0.05) is 32.1 Å². The van der Waals surface area contributed by atoms with Crippen LogP contribution in [0.15, 0.2) is 23.1 Å². The van der Waals surface area contributed by atoms with Gasteiger partial charge in [-0.2, -0.15) is 5.10 Å². The van der Waals surface area contributed by atoms with Crippen LogP contribution >= 0.6 is 15.9 Å². The molecule has 1 heterocycles. The van der Waals surface area contributed by atoms with Gasteiger partial charge in [0.1, 0.15) is 0 Å². The summed E-state index contributed by atoms with van der Waals surface area (Å²) in [5, 5.41) is 14.6. The van der Waals surface area contributed by atoms with Crippen LogP contribution < -0.4 is 5.32 Å². The first-order valence-electron chi connectivity index (χ1n) is 3.76. The minimum atomic E-state index is 0.419. The molecule has 1 rings (SSSR count). The molecule has 0 saturated heterocycles. The largest absolute Gasteiger partial charge is 0.393 e. The van der Waals surface area contributed by atoms with Crippen molar-refractivity contribution >= 4 is 21.6 Å². The normalized spacial score (nSPS) is 11.5. The van der Waals surface area contributed by atoms with Crippen molar-refractivity contribution in [2.45, 2.75) is 0 Å². The third-order valence-corrected chi connectivity index (χ3v) is 2.13. The first-order valence-corrected chi connectivity index (χ1v) is 4.55. The molecule has 0 amide bonds. The van der Waals surface area contributed by atoms with Crippen LogP contribution in [0.4, 0.5) is 0 Å². The standard InChI is InChI=1S/C8H11BrN4/c1-11-4-7(9)8(10)6-3-12-13(2)5-6/h3-5,10-11H,1-2H3/b7-4+,10-8?. The van der Waals surface area contributed by atoms with Gasteiger partial charge < -0.3 is 5.32 Å². The molecular weight excluding hydrogens is 232 g/mol. The van der Waals surface area contributed by atoms with Gasteiger partial charge in [0.25, 0.3) is 0 Å². The fourth-order valence-electron chi connectivity index (χ4n) is 0.887. The summed E-state index contributed by atoms with van der Waals surface area (Å²) in [6.07, 6.45) is 5.18. The summed E-state index contributed by atoms with van der Waals surface area (Å²) in [6, 6.07) is 0. The Labute approximate surface area is 85.3 Å². The molecule has 4 nitrogen and oxygen atoms in total. The molecule has 0 aliphatic heterocycles. The molecule has 0 aromatic carbocycles. The highest BCUT2D eigenvalue weighted by atomic mass is 79.9. The molecular formula is C8H11BrN4. The Hall–Kier alpha value is -1.10. The Morgan fingerprint density at radius 3 is 2.92 bits per heavy atom. The molecule has 0 spiro atoms. The molecule has 0 fully saturated rings. The van der Waals surface area contributed by atoms with Crippen LogP contribution in [0.1, 0.15) is 5.56 Å². The second-order valence-electron chi connectivity index (χ2n) is 2.56. The molecule has 70 valence electrons. The SMILES string of the molecule is CN/C=C(/Br)C(=N)c1cnn(C)c1. The van der Waals surface area contributed by atoms with E-state index in [1.165, 1.54) is 0 Å². The Kier molecular flexibility index (Phi) is 3.25. The van der Waals surface area contributed by atoms with Crippen molar-refractivity contribution < 1.29 is 0 Å². The van der Waals surface area contributed by atoms with Gasteiger partial charge in [-0.3, -0.25) is 10.1 Å². The van der Waals surface area contributed by atoms with Gasteiger partial charge in [-0.1, -0.05) is 0 Å². The number of nitrogens with zero attached hydrogens (tertiary/aromatic N) is 2. The summed E-state index contributed by atoms with van der Waals surface area (Å²) in [7, 11) is 3.62. The van der Waals surface area contributed by atoms with Crippen molar-refractivity contribution in [2.75, 3.05) is 7.05 Å². The molecule has 1 aromatic heterocycles. The predicted octanol–water partition coefficient (Wildman–Crippen LogP) is 1.24. The van der Waals surface area contributed by atoms with Gasteiger partial charge >= 0.3 is 0 Å². The van der Waals surface area contributed by atoms with E-state index in [9.17, 15) is 0 Å². The quantitative estimate of drug-likeness (QED) is 0.785. The lowest BCUT2D eigenvalue weighted by Gasteiger charge is -1.98. The first kappa shape index (κ1) is 9.98. The van der Waals surface area contributed by atoms with Crippen LogP contribution in [-0.4, -0.2) is 22.5 Å². The fourth-order valence-corrected chi connectivity index (χ4v) is 1.34. The van der Waals surface area contributed by atoms with Crippen molar-refractivity contribution in [3.8, 4) is 0 Å². The van der Waals surface area contributed by atoms with Gasteiger partial charge in [0.2, 0.25) is 0 Å². The minimum Gasteiger partial charge on any atom is -0.393 e. The van der Waals surface area contributed by atoms with E-state index < -0.39 is 0 Å². The lowest BCUT2D eigenvalue weighted by Crippen LogP contribution is -2.02. The molecule has 13 heavy (non-hydrogen) atoms. The number of aryl methyl sites for hydroxylation is 1. The minimum absolute atomic E-state index is 0.419. The predicted molar refractivity (Wildman–Crippen MR) is 56.1 cm³/mol. The number of aromatic nitrogens is 2. The number of allylic oxidation sites excluding steroid dienone is 1. The van der Waals surface area contributed by atoms with Crippen molar-refractivity contribution in [1.29, 1.82) is 5.41 Å². The van der Waals surface area contributed by atoms with Crippen LogP contribution in [0.3, 0.4) is 0 Å². The van der Waals surface area contributed by atoms with Gasteiger partial charge in [0.05, 0.1) is 16.4 Å². The third kappa shape index (κ3) is 2.42. The molecule has 0 atom stereocenters. The molecule has 2 N–H and O–H groups in total. The van der Waals surface area contributed by atoms with E-state index in [0.29, 0.717) is 10.2 Å². The summed E-state index contributed by atoms with van der Waals surface area (Å²) in [5.41, 5.74) is 1.21. The lowest BCUT2D eigenvalue weighted by molar-refractivity contribution is 0.767. The topological polar surface area (TPSA) is 53.7 Å². The summed E-state index contributed by atoms with van der Waals surface area (Å²) >= 11 is 3.29. The van der Waals surface area contributed by atoms with Crippen molar-refractivity contribution in [1.82, 2.24) is 15.1 Å². The summed E-state index contributed by atoms with van der Waals surface area (Å²) in [5.74, 6) is 0. The third-order valence-electron chi connectivity index (χ3n) is 1.50. The monoisotopic (exact) mass is 242 g/mol. The zero-order valence-corrected chi connectivity index (χ0v) is 9.09. The van der Waals surface area contributed by atoms with E-state index in [1.807, 2.05) is 7.05 Å².